The van der Waals surface area contributed by atoms with E-state index in [-0.39, 0.29) is 6.61 Å². The Morgan fingerprint density at radius 3 is 2.15 bits per heavy atom. The maximum absolute atomic E-state index is 12.3. The van der Waals surface area contributed by atoms with Gasteiger partial charge in [-0.15, -0.1) is 0 Å². The molecule has 20 heavy (non-hydrogen) atoms. The van der Waals surface area contributed by atoms with E-state index in [1.54, 1.807) is 6.92 Å². The lowest BCUT2D eigenvalue weighted by Crippen LogP contribution is -2.23. The van der Waals surface area contributed by atoms with Gasteiger partial charge in [0.15, 0.2) is 5.34 Å². The first-order valence-electron chi connectivity index (χ1n) is 6.04. The fourth-order valence-electron chi connectivity index (χ4n) is 1.72. The summed E-state index contributed by atoms with van der Waals surface area (Å²) in [5.74, 6) is -0.458. The standard InChI is InChI=1S/C13H19O6P/c1-5-19-12(14)10-6-8-11(9-7-10)13(2,15)20(16,17-3)18-4/h6-9,15H,5H2,1-4H3. The highest BCUT2D eigenvalue weighted by molar-refractivity contribution is 7.54. The van der Waals surface area contributed by atoms with E-state index in [1.165, 1.54) is 45.4 Å². The van der Waals surface area contributed by atoms with E-state index < -0.39 is 18.9 Å². The molecule has 0 saturated heterocycles. The number of ether oxygens (including phenoxy) is 1. The van der Waals surface area contributed by atoms with E-state index in [0.717, 1.165) is 0 Å². The zero-order valence-corrected chi connectivity index (χ0v) is 12.8. The van der Waals surface area contributed by atoms with Crippen LogP contribution < -0.4 is 0 Å². The Morgan fingerprint density at radius 2 is 1.75 bits per heavy atom. The number of benzene rings is 1. The molecule has 1 aromatic rings. The van der Waals surface area contributed by atoms with Gasteiger partial charge in [-0.2, -0.15) is 0 Å². The molecule has 7 heteroatoms. The Morgan fingerprint density at radius 1 is 1.25 bits per heavy atom. The highest BCUT2D eigenvalue weighted by Gasteiger charge is 2.46. The maximum Gasteiger partial charge on any atom is 0.365 e. The molecule has 0 bridgehead atoms. The predicted molar refractivity (Wildman–Crippen MR) is 73.6 cm³/mol. The van der Waals surface area contributed by atoms with Gasteiger partial charge in [0, 0.05) is 14.2 Å². The van der Waals surface area contributed by atoms with Crippen molar-refractivity contribution in [2.24, 2.45) is 0 Å². The van der Waals surface area contributed by atoms with Gasteiger partial charge in [-0.3, -0.25) is 4.57 Å². The number of carbonyl (C=O) groups is 1. The van der Waals surface area contributed by atoms with Gasteiger partial charge in [0.2, 0.25) is 0 Å². The molecular formula is C13H19O6P. The van der Waals surface area contributed by atoms with Crippen molar-refractivity contribution in [2.75, 3.05) is 20.8 Å². The van der Waals surface area contributed by atoms with Crippen LogP contribution in [-0.4, -0.2) is 31.9 Å². The number of carbonyl (C=O) groups excluding carboxylic acids is 1. The van der Waals surface area contributed by atoms with Crippen LogP contribution in [0, 0.1) is 0 Å². The lowest BCUT2D eigenvalue weighted by atomic mass is 10.1. The third-order valence-corrected chi connectivity index (χ3v) is 5.24. The first-order chi connectivity index (χ1) is 9.32. The molecule has 112 valence electrons. The largest absolute Gasteiger partial charge is 0.462 e. The normalized spacial score (nSPS) is 14.7. The van der Waals surface area contributed by atoms with Crippen molar-refractivity contribution >= 4 is 13.6 Å². The fourth-order valence-corrected chi connectivity index (χ4v) is 3.05. The van der Waals surface area contributed by atoms with Crippen molar-refractivity contribution in [3.8, 4) is 0 Å². The van der Waals surface area contributed by atoms with Gasteiger partial charge >= 0.3 is 13.6 Å². The smallest absolute Gasteiger partial charge is 0.365 e. The average molecular weight is 302 g/mol. The molecular weight excluding hydrogens is 283 g/mol. The summed E-state index contributed by atoms with van der Waals surface area (Å²) in [6.45, 7) is 3.32. The van der Waals surface area contributed by atoms with Crippen LogP contribution in [0.3, 0.4) is 0 Å². The fraction of sp³-hybridized carbons (Fsp3) is 0.462. The van der Waals surface area contributed by atoms with E-state index in [9.17, 15) is 14.5 Å². The molecule has 0 radical (unpaired) electrons. The van der Waals surface area contributed by atoms with Crippen molar-refractivity contribution in [3.05, 3.63) is 35.4 Å². The van der Waals surface area contributed by atoms with Crippen LogP contribution in [0.25, 0.3) is 0 Å². The summed E-state index contributed by atoms with van der Waals surface area (Å²) in [4.78, 5) is 11.5. The van der Waals surface area contributed by atoms with Gasteiger partial charge in [0.25, 0.3) is 0 Å². The van der Waals surface area contributed by atoms with Crippen LogP contribution in [0.1, 0.15) is 29.8 Å². The van der Waals surface area contributed by atoms with Gasteiger partial charge in [-0.25, -0.2) is 4.79 Å². The molecule has 1 N–H and O–H groups in total. The third-order valence-electron chi connectivity index (χ3n) is 2.96. The summed E-state index contributed by atoms with van der Waals surface area (Å²) in [5.41, 5.74) is 0.661. The Labute approximate surface area is 118 Å². The van der Waals surface area contributed by atoms with Crippen molar-refractivity contribution in [3.63, 3.8) is 0 Å². The molecule has 0 fully saturated rings. The monoisotopic (exact) mass is 302 g/mol. The molecule has 0 aromatic heterocycles. The Hall–Kier alpha value is -1.20. The lowest BCUT2D eigenvalue weighted by molar-refractivity contribution is 0.0526. The minimum Gasteiger partial charge on any atom is -0.462 e. The second kappa shape index (κ2) is 6.50. The van der Waals surface area contributed by atoms with Crippen LogP contribution in [-0.2, 0) is 23.7 Å². The number of aliphatic hydroxyl groups is 1. The van der Waals surface area contributed by atoms with Gasteiger partial charge in [0.1, 0.15) is 0 Å². The van der Waals surface area contributed by atoms with Gasteiger partial charge in [-0.1, -0.05) is 12.1 Å². The molecule has 0 heterocycles. The lowest BCUT2D eigenvalue weighted by Gasteiger charge is -2.30. The van der Waals surface area contributed by atoms with Crippen molar-refractivity contribution in [1.82, 2.24) is 0 Å². The summed E-state index contributed by atoms with van der Waals surface area (Å²) in [6.07, 6.45) is 0. The number of rotatable bonds is 6. The van der Waals surface area contributed by atoms with Gasteiger partial charge in [-0.05, 0) is 31.5 Å². The van der Waals surface area contributed by atoms with Crippen molar-refractivity contribution in [2.45, 2.75) is 19.2 Å². The first-order valence-corrected chi connectivity index (χ1v) is 7.58. The first kappa shape index (κ1) is 16.9. The molecule has 0 aliphatic rings. The minimum atomic E-state index is -3.72. The molecule has 6 nitrogen and oxygen atoms in total. The Bertz CT molecular complexity index is 500. The quantitative estimate of drug-likeness (QED) is 0.642. The summed E-state index contributed by atoms with van der Waals surface area (Å²) in [7, 11) is -1.32. The minimum absolute atomic E-state index is 0.279. The van der Waals surface area contributed by atoms with E-state index in [0.29, 0.717) is 11.1 Å². The van der Waals surface area contributed by atoms with Crippen LogP contribution >= 0.6 is 7.60 Å². The topological polar surface area (TPSA) is 82.1 Å². The van der Waals surface area contributed by atoms with Crippen molar-refractivity contribution < 1.29 is 28.3 Å². The third kappa shape index (κ3) is 3.10. The molecule has 1 aromatic carbocycles. The average Bonchev–Trinajstić information content (AvgIpc) is 2.46. The van der Waals surface area contributed by atoms with Crippen LogP contribution in [0.4, 0.5) is 0 Å². The number of hydrogen-bond acceptors (Lipinski definition) is 6. The summed E-state index contributed by atoms with van der Waals surface area (Å²) >= 11 is 0. The number of hydrogen-bond donors (Lipinski definition) is 1. The van der Waals surface area contributed by atoms with E-state index >= 15 is 0 Å². The Kier molecular flexibility index (Phi) is 5.48. The van der Waals surface area contributed by atoms with E-state index in [4.69, 9.17) is 13.8 Å². The SMILES string of the molecule is CCOC(=O)c1ccc(C(C)(O)P(=O)(OC)OC)cc1. The van der Waals surface area contributed by atoms with Gasteiger partial charge in [0.05, 0.1) is 12.2 Å². The van der Waals surface area contributed by atoms with Crippen LogP contribution in [0.15, 0.2) is 24.3 Å². The van der Waals surface area contributed by atoms with Crippen LogP contribution in [0.2, 0.25) is 0 Å². The van der Waals surface area contributed by atoms with E-state index in [2.05, 4.69) is 0 Å². The summed E-state index contributed by atoms with van der Waals surface area (Å²) in [5, 5.41) is 8.59. The molecule has 0 amide bonds. The van der Waals surface area contributed by atoms with Crippen LogP contribution in [0.5, 0.6) is 0 Å². The molecule has 0 spiro atoms. The summed E-state index contributed by atoms with van der Waals surface area (Å²) < 4.78 is 26.8. The molecule has 1 unspecified atom stereocenters. The second-order valence-corrected chi connectivity index (χ2v) is 6.78. The van der Waals surface area contributed by atoms with Crippen molar-refractivity contribution in [1.29, 1.82) is 0 Å². The molecule has 0 aliphatic heterocycles. The predicted octanol–water partition coefficient (Wildman–Crippen LogP) is 2.51. The van der Waals surface area contributed by atoms with E-state index in [1.807, 2.05) is 0 Å². The Balaban J connectivity index is 3.09. The zero-order chi connectivity index (χ0) is 15.4. The number of esters is 1. The van der Waals surface area contributed by atoms with Gasteiger partial charge < -0.3 is 18.9 Å². The maximum atomic E-state index is 12.3. The highest BCUT2D eigenvalue weighted by Crippen LogP contribution is 2.62. The zero-order valence-electron chi connectivity index (χ0n) is 12.0. The highest BCUT2D eigenvalue weighted by atomic mass is 31.2. The summed E-state index contributed by atoms with van der Waals surface area (Å²) in [6, 6.07) is 5.93. The second-order valence-electron chi connectivity index (χ2n) is 4.18. The molecule has 0 saturated carbocycles. The molecule has 1 rings (SSSR count). The molecule has 1 atom stereocenters. The molecule has 0 aliphatic carbocycles.